The highest BCUT2D eigenvalue weighted by Gasteiger charge is 2.46. The predicted molar refractivity (Wildman–Crippen MR) is 69.5 cm³/mol. The summed E-state index contributed by atoms with van der Waals surface area (Å²) < 4.78 is 26.8. The molecule has 0 amide bonds. The van der Waals surface area contributed by atoms with E-state index in [4.69, 9.17) is 23.7 Å². The van der Waals surface area contributed by atoms with E-state index in [1.807, 2.05) is 0 Å². The van der Waals surface area contributed by atoms with Crippen LogP contribution < -0.4 is 0 Å². The van der Waals surface area contributed by atoms with E-state index in [1.165, 1.54) is 13.8 Å². The monoisotopic (exact) mass is 298 g/mol. The molecule has 21 heavy (non-hydrogen) atoms. The van der Waals surface area contributed by atoms with Gasteiger partial charge in [0.25, 0.3) is 0 Å². The van der Waals surface area contributed by atoms with Crippen molar-refractivity contribution in [2.45, 2.75) is 45.7 Å². The van der Waals surface area contributed by atoms with Gasteiger partial charge < -0.3 is 23.7 Å². The van der Waals surface area contributed by atoms with Gasteiger partial charge in [-0.1, -0.05) is 6.58 Å². The second-order valence-corrected chi connectivity index (χ2v) is 5.21. The number of hydrogen-bond acceptors (Lipinski definition) is 7. The van der Waals surface area contributed by atoms with E-state index in [0.717, 1.165) is 0 Å². The van der Waals surface area contributed by atoms with Gasteiger partial charge in [0.15, 0.2) is 23.4 Å². The van der Waals surface area contributed by atoms with Crippen molar-refractivity contribution in [3.05, 3.63) is 23.9 Å². The summed E-state index contributed by atoms with van der Waals surface area (Å²) >= 11 is 0. The van der Waals surface area contributed by atoms with Crippen LogP contribution in [0, 0.1) is 0 Å². The average molecular weight is 298 g/mol. The van der Waals surface area contributed by atoms with E-state index in [9.17, 15) is 9.59 Å². The average Bonchev–Trinajstić information content (AvgIpc) is 2.82. The molecule has 0 bridgehead atoms. The molecule has 0 aromatic heterocycles. The first-order valence-corrected chi connectivity index (χ1v) is 6.48. The Labute approximate surface area is 122 Å². The normalized spacial score (nSPS) is 27.5. The number of hydrogen-bond donors (Lipinski definition) is 0. The minimum atomic E-state index is -0.763. The first kappa shape index (κ1) is 15.5. The standard InChI is InChI=1S/C14H18O7/c1-7-11(19-8(2)15)13(20-9(3)16)12(18-7)10-6-17-14(4,5)21-10/h10,12H,1,6H2,2-5H3. The van der Waals surface area contributed by atoms with Gasteiger partial charge in [-0.15, -0.1) is 0 Å². The third kappa shape index (κ3) is 3.43. The van der Waals surface area contributed by atoms with Gasteiger partial charge in [0.1, 0.15) is 6.10 Å². The van der Waals surface area contributed by atoms with E-state index in [1.54, 1.807) is 13.8 Å². The molecule has 116 valence electrons. The summed E-state index contributed by atoms with van der Waals surface area (Å²) in [5, 5.41) is 0. The van der Waals surface area contributed by atoms with Crippen molar-refractivity contribution < 1.29 is 33.3 Å². The van der Waals surface area contributed by atoms with E-state index in [0.29, 0.717) is 0 Å². The van der Waals surface area contributed by atoms with Crippen molar-refractivity contribution in [3.8, 4) is 0 Å². The fraction of sp³-hybridized carbons (Fsp3) is 0.571. The number of esters is 2. The molecule has 0 aliphatic carbocycles. The lowest BCUT2D eigenvalue weighted by Crippen LogP contribution is -2.33. The molecule has 0 spiro atoms. The SMILES string of the molecule is C=C1OC(C2COC(C)(C)O2)C(OC(C)=O)=C1OC(C)=O. The van der Waals surface area contributed by atoms with Gasteiger partial charge in [-0.25, -0.2) is 0 Å². The third-order valence-electron chi connectivity index (χ3n) is 2.87. The van der Waals surface area contributed by atoms with Crippen molar-refractivity contribution in [1.29, 1.82) is 0 Å². The quantitative estimate of drug-likeness (QED) is 0.728. The summed E-state index contributed by atoms with van der Waals surface area (Å²) in [7, 11) is 0. The van der Waals surface area contributed by atoms with E-state index < -0.39 is 29.9 Å². The number of carbonyl (C=O) groups is 2. The maximum atomic E-state index is 11.3. The van der Waals surface area contributed by atoms with Crippen LogP contribution in [0.4, 0.5) is 0 Å². The zero-order chi connectivity index (χ0) is 15.8. The molecule has 7 nitrogen and oxygen atoms in total. The lowest BCUT2D eigenvalue weighted by atomic mass is 10.2. The lowest BCUT2D eigenvalue weighted by molar-refractivity contribution is -0.153. The Kier molecular flexibility index (Phi) is 4.06. The van der Waals surface area contributed by atoms with Gasteiger partial charge in [0.2, 0.25) is 5.76 Å². The van der Waals surface area contributed by atoms with Crippen molar-refractivity contribution in [2.75, 3.05) is 6.61 Å². The molecule has 0 aromatic rings. The van der Waals surface area contributed by atoms with Gasteiger partial charge in [0.05, 0.1) is 6.61 Å². The Morgan fingerprint density at radius 1 is 1.24 bits per heavy atom. The highest BCUT2D eigenvalue weighted by molar-refractivity contribution is 5.70. The largest absolute Gasteiger partial charge is 0.476 e. The molecule has 2 aliphatic rings. The van der Waals surface area contributed by atoms with E-state index in [-0.39, 0.29) is 23.9 Å². The summed E-state index contributed by atoms with van der Waals surface area (Å²) in [6.07, 6.45) is -1.25. The van der Waals surface area contributed by atoms with Gasteiger partial charge in [-0.3, -0.25) is 9.59 Å². The summed E-state index contributed by atoms with van der Waals surface area (Å²) in [5.41, 5.74) is 0. The zero-order valence-electron chi connectivity index (χ0n) is 12.4. The molecule has 2 atom stereocenters. The van der Waals surface area contributed by atoms with Crippen LogP contribution in [-0.2, 0) is 33.3 Å². The van der Waals surface area contributed by atoms with Gasteiger partial charge >= 0.3 is 11.9 Å². The predicted octanol–water partition coefficient (Wildman–Crippen LogP) is 1.39. The van der Waals surface area contributed by atoms with Crippen LogP contribution in [0.5, 0.6) is 0 Å². The molecule has 1 saturated heterocycles. The molecular formula is C14H18O7. The molecule has 0 N–H and O–H groups in total. The first-order chi connectivity index (χ1) is 9.69. The highest BCUT2D eigenvalue weighted by atomic mass is 16.8. The fourth-order valence-electron chi connectivity index (χ4n) is 2.15. The van der Waals surface area contributed by atoms with E-state index >= 15 is 0 Å². The van der Waals surface area contributed by atoms with Crippen LogP contribution in [0.3, 0.4) is 0 Å². The van der Waals surface area contributed by atoms with Gasteiger partial charge in [-0.05, 0) is 13.8 Å². The van der Waals surface area contributed by atoms with Crippen LogP contribution in [0.1, 0.15) is 27.7 Å². The molecule has 2 aliphatic heterocycles. The molecule has 2 heterocycles. The minimum Gasteiger partial charge on any atom is -0.476 e. The molecule has 0 radical (unpaired) electrons. The Bertz CT molecular complexity index is 517. The second kappa shape index (κ2) is 5.50. The first-order valence-electron chi connectivity index (χ1n) is 6.48. The van der Waals surface area contributed by atoms with Crippen LogP contribution in [-0.4, -0.2) is 36.5 Å². The van der Waals surface area contributed by atoms with Crippen LogP contribution in [0.25, 0.3) is 0 Å². The van der Waals surface area contributed by atoms with E-state index in [2.05, 4.69) is 6.58 Å². The Balaban J connectivity index is 2.28. The molecule has 2 rings (SSSR count). The number of rotatable bonds is 3. The number of carbonyl (C=O) groups excluding carboxylic acids is 2. The van der Waals surface area contributed by atoms with Gasteiger partial charge in [0, 0.05) is 13.8 Å². The third-order valence-corrected chi connectivity index (χ3v) is 2.87. The lowest BCUT2D eigenvalue weighted by Gasteiger charge is -2.21. The fourth-order valence-corrected chi connectivity index (χ4v) is 2.15. The topological polar surface area (TPSA) is 80.3 Å². The van der Waals surface area contributed by atoms with Crippen molar-refractivity contribution in [1.82, 2.24) is 0 Å². The molecule has 7 heteroatoms. The molecule has 0 aromatic carbocycles. The maximum Gasteiger partial charge on any atom is 0.308 e. The number of ether oxygens (including phenoxy) is 5. The zero-order valence-corrected chi connectivity index (χ0v) is 12.4. The van der Waals surface area contributed by atoms with Gasteiger partial charge in [-0.2, -0.15) is 0 Å². The van der Waals surface area contributed by atoms with Crippen LogP contribution >= 0.6 is 0 Å². The Morgan fingerprint density at radius 3 is 2.33 bits per heavy atom. The summed E-state index contributed by atoms with van der Waals surface area (Å²) in [5.74, 6) is -1.69. The van der Waals surface area contributed by atoms with Crippen LogP contribution in [0.2, 0.25) is 0 Å². The second-order valence-electron chi connectivity index (χ2n) is 5.21. The van der Waals surface area contributed by atoms with Crippen LogP contribution in [0.15, 0.2) is 23.9 Å². The molecule has 2 unspecified atom stereocenters. The summed E-state index contributed by atoms with van der Waals surface area (Å²) in [4.78, 5) is 22.4. The van der Waals surface area contributed by atoms with Crippen molar-refractivity contribution in [2.24, 2.45) is 0 Å². The molecule has 0 saturated carbocycles. The maximum absolute atomic E-state index is 11.3. The molecule has 1 fully saturated rings. The Hall–Kier alpha value is -1.86. The summed E-state index contributed by atoms with van der Waals surface area (Å²) in [6, 6.07) is 0. The smallest absolute Gasteiger partial charge is 0.308 e. The summed E-state index contributed by atoms with van der Waals surface area (Å²) in [6.45, 7) is 9.91. The Morgan fingerprint density at radius 2 is 1.86 bits per heavy atom. The highest BCUT2D eigenvalue weighted by Crippen LogP contribution is 2.37. The van der Waals surface area contributed by atoms with Crippen molar-refractivity contribution in [3.63, 3.8) is 0 Å². The molecular weight excluding hydrogens is 280 g/mol. The van der Waals surface area contributed by atoms with Crippen molar-refractivity contribution >= 4 is 11.9 Å². The minimum absolute atomic E-state index is 0.0102.